The molecule has 154 valence electrons. The third-order valence-corrected chi connectivity index (χ3v) is 5.06. The zero-order chi connectivity index (χ0) is 19.7. The molecule has 0 radical (unpaired) electrons. The number of aliphatic hydroxyl groups excluding tert-OH is 1. The van der Waals surface area contributed by atoms with Crippen LogP contribution in [0.3, 0.4) is 0 Å². The first-order valence-corrected chi connectivity index (χ1v) is 10.8. The third kappa shape index (κ3) is 11.0. The minimum Gasteiger partial charge on any atom is -0.465 e. The summed E-state index contributed by atoms with van der Waals surface area (Å²) in [5, 5.41) is 10.2. The highest BCUT2D eigenvalue weighted by Crippen LogP contribution is 2.17. The molecule has 4 heteroatoms. The number of carbonyl (C=O) groups excluding carboxylic acids is 1. The molecule has 0 spiro atoms. The van der Waals surface area contributed by atoms with E-state index >= 15 is 0 Å². The smallest absolute Gasteiger partial charge is 0.329 e. The van der Waals surface area contributed by atoms with E-state index in [1.54, 1.807) is 19.9 Å². The molecule has 0 heterocycles. The Balaban J connectivity index is 3.75. The number of hydrogen-bond donors (Lipinski definition) is 2. The second-order valence-electron chi connectivity index (χ2n) is 7.31. The number of hydrogen-bond acceptors (Lipinski definition) is 4. The third-order valence-electron chi connectivity index (χ3n) is 5.06. The van der Waals surface area contributed by atoms with E-state index in [4.69, 9.17) is 10.5 Å². The van der Waals surface area contributed by atoms with Gasteiger partial charge in [-0.05, 0) is 26.2 Å². The van der Waals surface area contributed by atoms with Gasteiger partial charge in [0, 0.05) is 0 Å². The van der Waals surface area contributed by atoms with Crippen LogP contribution >= 0.6 is 0 Å². The molecular weight excluding hydrogens is 326 g/mol. The van der Waals surface area contributed by atoms with Crippen molar-refractivity contribution in [1.29, 1.82) is 0 Å². The van der Waals surface area contributed by atoms with E-state index in [9.17, 15) is 9.90 Å². The van der Waals surface area contributed by atoms with Crippen molar-refractivity contribution in [2.45, 2.75) is 116 Å². The van der Waals surface area contributed by atoms with Crippen LogP contribution in [0.2, 0.25) is 0 Å². The topological polar surface area (TPSA) is 72.5 Å². The molecular formula is C22H43NO3. The lowest BCUT2D eigenvalue weighted by Gasteiger charge is -2.28. The Bertz CT molecular complexity index is 370. The van der Waals surface area contributed by atoms with Crippen molar-refractivity contribution in [2.24, 2.45) is 5.73 Å². The first-order chi connectivity index (χ1) is 12.5. The van der Waals surface area contributed by atoms with Gasteiger partial charge in [0.15, 0.2) is 0 Å². The molecule has 0 fully saturated rings. The SMILES string of the molecule is CCCCCCCCCCCCC/C=C/[C@@H](O)[C@](N)(CC)C(=O)OCC. The molecule has 2 atom stereocenters. The van der Waals surface area contributed by atoms with Crippen molar-refractivity contribution in [3.63, 3.8) is 0 Å². The monoisotopic (exact) mass is 369 g/mol. The Morgan fingerprint density at radius 1 is 0.962 bits per heavy atom. The van der Waals surface area contributed by atoms with Crippen LogP contribution in [0, 0.1) is 0 Å². The van der Waals surface area contributed by atoms with Crippen LogP contribution in [0.1, 0.15) is 104 Å². The highest BCUT2D eigenvalue weighted by Gasteiger charge is 2.39. The molecule has 0 saturated heterocycles. The minimum absolute atomic E-state index is 0.271. The second kappa shape index (κ2) is 16.3. The Morgan fingerprint density at radius 2 is 1.46 bits per heavy atom. The summed E-state index contributed by atoms with van der Waals surface area (Å²) in [5.74, 6) is -0.533. The Morgan fingerprint density at radius 3 is 1.92 bits per heavy atom. The standard InChI is InChI=1S/C22H43NO3/c1-4-7-8-9-10-11-12-13-14-15-16-17-18-19-20(24)22(23,5-2)21(25)26-6-3/h18-20,24H,4-17,23H2,1-3H3/b19-18+/t20-,22-/m1/s1. The van der Waals surface area contributed by atoms with Crippen molar-refractivity contribution < 1.29 is 14.6 Å². The summed E-state index contributed by atoms with van der Waals surface area (Å²) in [4.78, 5) is 11.9. The molecule has 0 rings (SSSR count). The molecule has 3 N–H and O–H groups in total. The number of unbranched alkanes of at least 4 members (excludes halogenated alkanes) is 11. The number of aliphatic hydroxyl groups is 1. The van der Waals surface area contributed by atoms with Gasteiger partial charge in [-0.3, -0.25) is 0 Å². The van der Waals surface area contributed by atoms with E-state index in [0.717, 1.165) is 12.8 Å². The highest BCUT2D eigenvalue weighted by molar-refractivity contribution is 5.81. The van der Waals surface area contributed by atoms with E-state index in [1.807, 2.05) is 6.08 Å². The lowest BCUT2D eigenvalue weighted by molar-refractivity contribution is -0.153. The predicted octanol–water partition coefficient (Wildman–Crippen LogP) is 5.28. The summed E-state index contributed by atoms with van der Waals surface area (Å²) in [6, 6.07) is 0. The van der Waals surface area contributed by atoms with Gasteiger partial charge in [-0.15, -0.1) is 0 Å². The number of ether oxygens (including phenoxy) is 1. The van der Waals surface area contributed by atoms with Gasteiger partial charge in [-0.1, -0.05) is 90.2 Å². The first-order valence-electron chi connectivity index (χ1n) is 10.8. The summed E-state index contributed by atoms with van der Waals surface area (Å²) in [6.07, 6.45) is 18.4. The van der Waals surface area contributed by atoms with Gasteiger partial charge in [-0.25, -0.2) is 4.79 Å². The fraction of sp³-hybridized carbons (Fsp3) is 0.864. The summed E-state index contributed by atoms with van der Waals surface area (Å²) < 4.78 is 4.98. The van der Waals surface area contributed by atoms with Crippen LogP contribution in [0.15, 0.2) is 12.2 Å². The first kappa shape index (κ1) is 25.1. The Hall–Kier alpha value is -0.870. The molecule has 26 heavy (non-hydrogen) atoms. The molecule has 0 aromatic carbocycles. The number of carbonyl (C=O) groups is 1. The van der Waals surface area contributed by atoms with Crippen LogP contribution in [0.5, 0.6) is 0 Å². The van der Waals surface area contributed by atoms with E-state index in [0.29, 0.717) is 6.42 Å². The average molecular weight is 370 g/mol. The molecule has 0 unspecified atom stereocenters. The zero-order valence-corrected chi connectivity index (χ0v) is 17.5. The fourth-order valence-corrected chi connectivity index (χ4v) is 3.06. The minimum atomic E-state index is -1.34. The predicted molar refractivity (Wildman–Crippen MR) is 110 cm³/mol. The van der Waals surface area contributed by atoms with Gasteiger partial charge in [0.1, 0.15) is 11.6 Å². The molecule has 0 saturated carbocycles. The van der Waals surface area contributed by atoms with Crippen molar-refractivity contribution in [3.05, 3.63) is 12.2 Å². The van der Waals surface area contributed by atoms with Gasteiger partial charge in [0.05, 0.1) is 6.61 Å². The van der Waals surface area contributed by atoms with Crippen molar-refractivity contribution >= 4 is 5.97 Å². The number of rotatable bonds is 17. The lowest BCUT2D eigenvalue weighted by atomic mass is 9.90. The van der Waals surface area contributed by atoms with E-state index in [1.165, 1.54) is 64.2 Å². The maximum absolute atomic E-state index is 11.9. The Labute approximate surface area is 161 Å². The molecule has 0 aliphatic carbocycles. The van der Waals surface area contributed by atoms with Crippen LogP contribution < -0.4 is 5.73 Å². The van der Waals surface area contributed by atoms with Gasteiger partial charge >= 0.3 is 5.97 Å². The largest absolute Gasteiger partial charge is 0.465 e. The quantitative estimate of drug-likeness (QED) is 0.208. The number of esters is 1. The second-order valence-corrected chi connectivity index (χ2v) is 7.31. The van der Waals surface area contributed by atoms with E-state index in [2.05, 4.69) is 6.92 Å². The maximum atomic E-state index is 11.9. The normalized spacial score (nSPS) is 15.1. The van der Waals surface area contributed by atoms with Crippen molar-refractivity contribution in [1.82, 2.24) is 0 Å². The molecule has 4 nitrogen and oxygen atoms in total. The maximum Gasteiger partial charge on any atom is 0.329 e. The van der Waals surface area contributed by atoms with Crippen molar-refractivity contribution in [3.8, 4) is 0 Å². The van der Waals surface area contributed by atoms with Crippen LogP contribution in [0.25, 0.3) is 0 Å². The molecule has 0 aromatic rings. The lowest BCUT2D eigenvalue weighted by Crippen LogP contribution is -2.57. The molecule has 0 aliphatic heterocycles. The summed E-state index contributed by atoms with van der Waals surface area (Å²) in [5.41, 5.74) is 4.70. The van der Waals surface area contributed by atoms with E-state index in [-0.39, 0.29) is 6.61 Å². The number of nitrogens with two attached hydrogens (primary N) is 1. The molecule has 0 aliphatic rings. The summed E-state index contributed by atoms with van der Waals surface area (Å²) >= 11 is 0. The van der Waals surface area contributed by atoms with Gasteiger partial charge < -0.3 is 15.6 Å². The molecule has 0 aromatic heterocycles. The van der Waals surface area contributed by atoms with Gasteiger partial charge in [0.2, 0.25) is 0 Å². The summed E-state index contributed by atoms with van der Waals surface area (Å²) in [6.45, 7) is 6.06. The fourth-order valence-electron chi connectivity index (χ4n) is 3.06. The highest BCUT2D eigenvalue weighted by atomic mass is 16.5. The van der Waals surface area contributed by atoms with Crippen molar-refractivity contribution in [2.75, 3.05) is 6.61 Å². The van der Waals surface area contributed by atoms with Gasteiger partial charge in [-0.2, -0.15) is 0 Å². The summed E-state index contributed by atoms with van der Waals surface area (Å²) in [7, 11) is 0. The Kier molecular flexibility index (Phi) is 15.8. The van der Waals surface area contributed by atoms with E-state index < -0.39 is 17.6 Å². The average Bonchev–Trinajstić information content (AvgIpc) is 2.64. The van der Waals surface area contributed by atoms with Crippen LogP contribution in [-0.4, -0.2) is 29.3 Å². The molecule has 0 amide bonds. The van der Waals surface area contributed by atoms with Crippen LogP contribution in [0.4, 0.5) is 0 Å². The number of allylic oxidation sites excluding steroid dienone is 1. The molecule has 0 bridgehead atoms. The van der Waals surface area contributed by atoms with Crippen LogP contribution in [-0.2, 0) is 9.53 Å². The zero-order valence-electron chi connectivity index (χ0n) is 17.5. The van der Waals surface area contributed by atoms with Gasteiger partial charge in [0.25, 0.3) is 0 Å².